The van der Waals surface area contributed by atoms with Crippen LogP contribution in [0.3, 0.4) is 0 Å². The summed E-state index contributed by atoms with van der Waals surface area (Å²) in [6, 6.07) is 15.2. The fourth-order valence-corrected chi connectivity index (χ4v) is 2.13. The third-order valence-electron chi connectivity index (χ3n) is 3.08. The first-order valence-corrected chi connectivity index (χ1v) is 7.48. The molecule has 22 heavy (non-hydrogen) atoms. The van der Waals surface area contributed by atoms with Gasteiger partial charge in [0.25, 0.3) is 0 Å². The molecule has 2 rings (SSSR count). The fourth-order valence-electron chi connectivity index (χ4n) is 1.92. The normalized spacial score (nSPS) is 10.3. The van der Waals surface area contributed by atoms with Gasteiger partial charge in [0.1, 0.15) is 12.4 Å². The number of carbonyl (C=O) groups excluding carboxylic acids is 1. The lowest BCUT2D eigenvalue weighted by molar-refractivity contribution is -0.121. The van der Waals surface area contributed by atoms with Crippen LogP contribution in [0, 0.1) is 0 Å². The Morgan fingerprint density at radius 2 is 1.91 bits per heavy atom. The molecule has 116 valence electrons. The van der Waals surface area contributed by atoms with Gasteiger partial charge in [-0.2, -0.15) is 0 Å². The molecule has 0 aliphatic heterocycles. The van der Waals surface area contributed by atoms with Crippen LogP contribution in [0.25, 0.3) is 0 Å². The molecule has 2 aromatic rings. The van der Waals surface area contributed by atoms with E-state index in [9.17, 15) is 4.79 Å². The van der Waals surface area contributed by atoms with Crippen molar-refractivity contribution in [3.8, 4) is 5.75 Å². The Balaban J connectivity index is 1.82. The summed E-state index contributed by atoms with van der Waals surface area (Å²) in [4.78, 5) is 11.3. The molecule has 0 aliphatic carbocycles. The summed E-state index contributed by atoms with van der Waals surface area (Å²) in [6.07, 6.45) is 0.348. The predicted octanol–water partition coefficient (Wildman–Crippen LogP) is 2.88. The number of amides is 1. The summed E-state index contributed by atoms with van der Waals surface area (Å²) >= 11 is 5.93. The summed E-state index contributed by atoms with van der Waals surface area (Å²) in [6.45, 7) is 1.32. The number of hydrogen-bond donors (Lipinski definition) is 2. The Morgan fingerprint density at radius 1 is 1.14 bits per heavy atom. The molecule has 0 atom stereocenters. The average molecular weight is 319 g/mol. The first-order valence-electron chi connectivity index (χ1n) is 7.10. The maximum absolute atomic E-state index is 11.3. The largest absolute Gasteiger partial charge is 0.489 e. The van der Waals surface area contributed by atoms with E-state index >= 15 is 0 Å². The molecule has 0 aromatic heterocycles. The molecule has 0 aliphatic rings. The topological polar surface area (TPSA) is 64.4 Å². The molecule has 2 aromatic carbocycles. The summed E-state index contributed by atoms with van der Waals surface area (Å²) < 4.78 is 5.70. The molecule has 0 saturated carbocycles. The molecule has 5 heteroatoms. The average Bonchev–Trinajstić information content (AvgIpc) is 2.52. The SMILES string of the molecule is NCCC(=O)NCc1ccc(OCc2cccc(Cl)c2)cc1. The van der Waals surface area contributed by atoms with Crippen molar-refractivity contribution >= 4 is 17.5 Å². The van der Waals surface area contributed by atoms with Gasteiger partial charge in [0, 0.05) is 24.5 Å². The van der Waals surface area contributed by atoms with E-state index in [-0.39, 0.29) is 5.91 Å². The lowest BCUT2D eigenvalue weighted by atomic mass is 10.2. The molecular weight excluding hydrogens is 300 g/mol. The summed E-state index contributed by atoms with van der Waals surface area (Å²) in [5, 5.41) is 3.51. The highest BCUT2D eigenvalue weighted by Gasteiger charge is 2.01. The molecule has 0 heterocycles. The van der Waals surface area contributed by atoms with Crippen LogP contribution < -0.4 is 15.8 Å². The van der Waals surface area contributed by atoms with Crippen LogP contribution in [0.15, 0.2) is 48.5 Å². The zero-order valence-electron chi connectivity index (χ0n) is 12.2. The molecule has 3 N–H and O–H groups in total. The monoisotopic (exact) mass is 318 g/mol. The van der Waals surface area contributed by atoms with Crippen LogP contribution >= 0.6 is 11.6 Å². The van der Waals surface area contributed by atoms with Gasteiger partial charge in [0.05, 0.1) is 0 Å². The Labute approximate surface area is 135 Å². The molecule has 1 amide bonds. The Kier molecular flexibility index (Phi) is 6.25. The van der Waals surface area contributed by atoms with Gasteiger partial charge in [-0.05, 0) is 35.4 Å². The first-order chi connectivity index (χ1) is 10.7. The standard InChI is InChI=1S/C17H19ClN2O2/c18-15-3-1-2-14(10-15)12-22-16-6-4-13(5-7-16)11-20-17(21)8-9-19/h1-7,10H,8-9,11-12,19H2,(H,20,21). The number of rotatable bonds is 7. The van der Waals surface area contributed by atoms with Crippen LogP contribution in [0.5, 0.6) is 5.75 Å². The maximum atomic E-state index is 11.3. The van der Waals surface area contributed by atoms with Crippen LogP contribution in [0.4, 0.5) is 0 Å². The summed E-state index contributed by atoms with van der Waals surface area (Å²) in [5.41, 5.74) is 7.36. The minimum atomic E-state index is -0.0382. The molecule has 0 unspecified atom stereocenters. The van der Waals surface area contributed by atoms with Gasteiger partial charge in [0.2, 0.25) is 5.91 Å². The van der Waals surface area contributed by atoms with Gasteiger partial charge in [-0.3, -0.25) is 4.79 Å². The maximum Gasteiger partial charge on any atom is 0.221 e. The van der Waals surface area contributed by atoms with Gasteiger partial charge < -0.3 is 15.8 Å². The number of halogens is 1. The van der Waals surface area contributed by atoms with Crippen molar-refractivity contribution in [3.63, 3.8) is 0 Å². The summed E-state index contributed by atoms with van der Waals surface area (Å²) in [7, 11) is 0. The van der Waals surface area contributed by atoms with E-state index in [0.717, 1.165) is 16.9 Å². The van der Waals surface area contributed by atoms with Crippen LogP contribution in [-0.4, -0.2) is 12.5 Å². The van der Waals surface area contributed by atoms with Crippen molar-refractivity contribution in [2.45, 2.75) is 19.6 Å². The van der Waals surface area contributed by atoms with Crippen molar-refractivity contribution in [1.29, 1.82) is 0 Å². The first kappa shape index (κ1) is 16.3. The minimum Gasteiger partial charge on any atom is -0.489 e. The van der Waals surface area contributed by atoms with E-state index in [1.165, 1.54) is 0 Å². The molecular formula is C17H19ClN2O2. The van der Waals surface area contributed by atoms with Crippen molar-refractivity contribution in [3.05, 3.63) is 64.7 Å². The Bertz CT molecular complexity index is 614. The van der Waals surface area contributed by atoms with E-state index < -0.39 is 0 Å². The van der Waals surface area contributed by atoms with Crippen molar-refractivity contribution in [2.24, 2.45) is 5.73 Å². The highest BCUT2D eigenvalue weighted by molar-refractivity contribution is 6.30. The van der Waals surface area contributed by atoms with Crippen molar-refractivity contribution < 1.29 is 9.53 Å². The van der Waals surface area contributed by atoms with Crippen LogP contribution in [0.1, 0.15) is 17.5 Å². The number of ether oxygens (including phenoxy) is 1. The quantitative estimate of drug-likeness (QED) is 0.825. The van der Waals surface area contributed by atoms with Crippen LogP contribution in [0.2, 0.25) is 5.02 Å². The number of hydrogen-bond acceptors (Lipinski definition) is 3. The zero-order valence-corrected chi connectivity index (χ0v) is 13.0. The highest BCUT2D eigenvalue weighted by atomic mass is 35.5. The smallest absolute Gasteiger partial charge is 0.221 e. The fraction of sp³-hybridized carbons (Fsp3) is 0.235. The number of nitrogens with two attached hydrogens (primary N) is 1. The molecule has 0 saturated heterocycles. The van der Waals surface area contributed by atoms with E-state index in [1.807, 2.05) is 48.5 Å². The number of benzene rings is 2. The van der Waals surface area contributed by atoms with E-state index in [2.05, 4.69) is 5.32 Å². The van der Waals surface area contributed by atoms with Gasteiger partial charge >= 0.3 is 0 Å². The lowest BCUT2D eigenvalue weighted by Gasteiger charge is -2.08. The van der Waals surface area contributed by atoms with Crippen molar-refractivity contribution in [1.82, 2.24) is 5.32 Å². The molecule has 0 fully saturated rings. The number of carbonyl (C=O) groups is 1. The second-order valence-corrected chi connectivity index (χ2v) is 5.31. The molecule has 0 radical (unpaired) electrons. The van der Waals surface area contributed by atoms with E-state index in [4.69, 9.17) is 22.1 Å². The van der Waals surface area contributed by atoms with Gasteiger partial charge in [0.15, 0.2) is 0 Å². The third-order valence-corrected chi connectivity index (χ3v) is 3.31. The Morgan fingerprint density at radius 3 is 2.59 bits per heavy atom. The lowest BCUT2D eigenvalue weighted by Crippen LogP contribution is -2.24. The highest BCUT2D eigenvalue weighted by Crippen LogP contribution is 2.16. The van der Waals surface area contributed by atoms with Gasteiger partial charge in [-0.15, -0.1) is 0 Å². The minimum absolute atomic E-state index is 0.0382. The third kappa shape index (κ3) is 5.39. The van der Waals surface area contributed by atoms with E-state index in [0.29, 0.717) is 31.1 Å². The molecule has 0 spiro atoms. The van der Waals surface area contributed by atoms with Crippen molar-refractivity contribution in [2.75, 3.05) is 6.54 Å². The van der Waals surface area contributed by atoms with Crippen LogP contribution in [-0.2, 0) is 17.9 Å². The summed E-state index contributed by atoms with van der Waals surface area (Å²) in [5.74, 6) is 0.737. The number of nitrogens with one attached hydrogen (secondary N) is 1. The zero-order chi connectivity index (χ0) is 15.8. The predicted molar refractivity (Wildman–Crippen MR) is 87.7 cm³/mol. The van der Waals surface area contributed by atoms with E-state index in [1.54, 1.807) is 0 Å². The molecule has 4 nitrogen and oxygen atoms in total. The Hall–Kier alpha value is -2.04. The second kappa shape index (κ2) is 8.41. The van der Waals surface area contributed by atoms with Gasteiger partial charge in [-0.25, -0.2) is 0 Å². The second-order valence-electron chi connectivity index (χ2n) is 4.88. The van der Waals surface area contributed by atoms with Gasteiger partial charge in [-0.1, -0.05) is 35.9 Å². The molecule has 0 bridgehead atoms.